The van der Waals surface area contributed by atoms with E-state index in [0.29, 0.717) is 12.8 Å². The Labute approximate surface area is 455 Å². The molecule has 0 aliphatic carbocycles. The molecule has 0 aliphatic rings. The van der Waals surface area contributed by atoms with Gasteiger partial charge < -0.3 is 14.2 Å². The minimum absolute atomic E-state index is 0.0948. The van der Waals surface area contributed by atoms with Crippen LogP contribution in [0, 0.1) is 0 Å². The van der Waals surface area contributed by atoms with Crippen molar-refractivity contribution in [2.75, 3.05) is 13.2 Å². The molecule has 0 saturated carbocycles. The Hall–Kier alpha value is -4.45. The van der Waals surface area contributed by atoms with Crippen LogP contribution in [0.3, 0.4) is 0 Å². The minimum Gasteiger partial charge on any atom is -0.462 e. The number of esters is 3. The predicted octanol–water partition coefficient (Wildman–Crippen LogP) is 20.6. The van der Waals surface area contributed by atoms with Gasteiger partial charge in [-0.15, -0.1) is 0 Å². The van der Waals surface area contributed by atoms with Crippen LogP contribution in [-0.4, -0.2) is 37.2 Å². The average Bonchev–Trinajstić information content (AvgIpc) is 3.40. The third-order valence-corrected chi connectivity index (χ3v) is 12.4. The van der Waals surface area contributed by atoms with E-state index in [1.807, 2.05) is 0 Å². The standard InChI is InChI=1S/C68H110O6/c1-4-7-10-13-16-19-21-23-25-27-29-30-31-32-33-34-35-36-37-38-40-41-43-45-47-49-52-55-58-61-67(70)73-64-65(63-72-66(69)60-57-54-51-18-15-12-9-6-3)74-68(71)62-59-56-53-50-48-46-44-42-39-28-26-24-22-20-17-14-11-8-5-2/h7-8,10-11,16-17,19-20,23-26,29-30,32-33,35-36,39,42,46,48,65H,4-6,9,12-15,18,21-22,27-28,31,34,37-38,40-41,43-45,47,49-64H2,1-3H3/b10-7-,11-8-,19-16-,20-17-,25-23-,26-24-,30-29-,33-32-,36-35-,42-39-,48-46-. The van der Waals surface area contributed by atoms with Crippen molar-refractivity contribution in [3.05, 3.63) is 134 Å². The Bertz CT molecular complexity index is 1600. The van der Waals surface area contributed by atoms with Gasteiger partial charge in [0.05, 0.1) is 0 Å². The highest BCUT2D eigenvalue weighted by Gasteiger charge is 2.19. The van der Waals surface area contributed by atoms with Crippen molar-refractivity contribution in [1.82, 2.24) is 0 Å². The maximum atomic E-state index is 12.8. The van der Waals surface area contributed by atoms with Crippen molar-refractivity contribution in [1.29, 1.82) is 0 Å². The Kier molecular flexibility index (Phi) is 57.4. The molecule has 0 rings (SSSR count). The number of allylic oxidation sites excluding steroid dienone is 22. The van der Waals surface area contributed by atoms with Gasteiger partial charge in [0.2, 0.25) is 0 Å². The fraction of sp³-hybridized carbons (Fsp3) is 0.632. The number of unbranched alkanes of at least 4 members (excludes halogenated alkanes) is 20. The maximum absolute atomic E-state index is 12.8. The highest BCUT2D eigenvalue weighted by molar-refractivity contribution is 5.71. The molecule has 0 aliphatic heterocycles. The first-order valence-corrected chi connectivity index (χ1v) is 30.2. The molecule has 0 radical (unpaired) electrons. The van der Waals surface area contributed by atoms with Crippen LogP contribution in [0.25, 0.3) is 0 Å². The van der Waals surface area contributed by atoms with Crippen LogP contribution in [-0.2, 0) is 28.6 Å². The summed E-state index contributed by atoms with van der Waals surface area (Å²) in [4.78, 5) is 38.1. The van der Waals surface area contributed by atoms with Crippen LogP contribution in [0.5, 0.6) is 0 Å². The van der Waals surface area contributed by atoms with Gasteiger partial charge in [0.25, 0.3) is 0 Å². The molecule has 0 aromatic rings. The summed E-state index contributed by atoms with van der Waals surface area (Å²) in [5.74, 6) is -0.938. The first-order valence-electron chi connectivity index (χ1n) is 30.2. The summed E-state index contributed by atoms with van der Waals surface area (Å²) in [5.41, 5.74) is 0. The molecule has 0 bridgehead atoms. The fourth-order valence-electron chi connectivity index (χ4n) is 7.94. The summed E-state index contributed by atoms with van der Waals surface area (Å²) in [6.45, 7) is 6.35. The van der Waals surface area contributed by atoms with Crippen molar-refractivity contribution < 1.29 is 28.6 Å². The number of hydrogen-bond donors (Lipinski definition) is 0. The highest BCUT2D eigenvalue weighted by Crippen LogP contribution is 2.15. The number of hydrogen-bond acceptors (Lipinski definition) is 6. The Balaban J connectivity index is 4.26. The summed E-state index contributed by atoms with van der Waals surface area (Å²) in [5, 5.41) is 0. The molecule has 0 heterocycles. The minimum atomic E-state index is -0.799. The highest BCUT2D eigenvalue weighted by atomic mass is 16.6. The molecule has 418 valence electrons. The van der Waals surface area contributed by atoms with Gasteiger partial charge in [-0.05, 0) is 116 Å². The predicted molar refractivity (Wildman–Crippen MR) is 320 cm³/mol. The van der Waals surface area contributed by atoms with Crippen molar-refractivity contribution in [3.63, 3.8) is 0 Å². The molecule has 74 heavy (non-hydrogen) atoms. The van der Waals surface area contributed by atoms with E-state index in [0.717, 1.165) is 135 Å². The Morgan fingerprint density at radius 2 is 0.527 bits per heavy atom. The average molecular weight is 1020 g/mol. The summed E-state index contributed by atoms with van der Waals surface area (Å²) >= 11 is 0. The molecular weight excluding hydrogens is 913 g/mol. The van der Waals surface area contributed by atoms with E-state index in [-0.39, 0.29) is 37.5 Å². The van der Waals surface area contributed by atoms with Crippen LogP contribution in [0.2, 0.25) is 0 Å². The third-order valence-electron chi connectivity index (χ3n) is 12.4. The molecule has 0 aromatic heterocycles. The second-order valence-electron chi connectivity index (χ2n) is 19.5. The number of rotatable bonds is 53. The largest absolute Gasteiger partial charge is 0.462 e. The zero-order valence-corrected chi connectivity index (χ0v) is 47.8. The van der Waals surface area contributed by atoms with Crippen molar-refractivity contribution in [2.24, 2.45) is 0 Å². The SMILES string of the molecule is CC/C=C\C/C=C\C/C=C\C/C=C\C/C=C\C/C=C\CCCCCCCCCCCCC(=O)OCC(COC(=O)CCCCCCCCCC)OC(=O)CCCCC/C=C\C/C=C\C/C=C\C/C=C\C/C=C\CC. The van der Waals surface area contributed by atoms with Gasteiger partial charge in [-0.2, -0.15) is 0 Å². The quantitative estimate of drug-likeness (QED) is 0.0261. The van der Waals surface area contributed by atoms with Crippen LogP contribution in [0.1, 0.15) is 258 Å². The summed E-state index contributed by atoms with van der Waals surface area (Å²) in [7, 11) is 0. The summed E-state index contributed by atoms with van der Waals surface area (Å²) < 4.78 is 16.8. The molecule has 0 spiro atoms. The van der Waals surface area contributed by atoms with E-state index in [4.69, 9.17) is 14.2 Å². The van der Waals surface area contributed by atoms with Crippen molar-refractivity contribution in [3.8, 4) is 0 Å². The van der Waals surface area contributed by atoms with Crippen LogP contribution >= 0.6 is 0 Å². The zero-order chi connectivity index (χ0) is 53.6. The van der Waals surface area contributed by atoms with Crippen LogP contribution in [0.4, 0.5) is 0 Å². The lowest BCUT2D eigenvalue weighted by Crippen LogP contribution is -2.30. The van der Waals surface area contributed by atoms with E-state index in [2.05, 4.69) is 154 Å². The molecular formula is C68H110O6. The lowest BCUT2D eigenvalue weighted by Gasteiger charge is -2.18. The number of carbonyl (C=O) groups is 3. The second kappa shape index (κ2) is 61.1. The van der Waals surface area contributed by atoms with Crippen molar-refractivity contribution >= 4 is 17.9 Å². The lowest BCUT2D eigenvalue weighted by atomic mass is 10.1. The van der Waals surface area contributed by atoms with E-state index in [1.165, 1.54) is 83.5 Å². The normalized spacial score (nSPS) is 13.1. The molecule has 6 nitrogen and oxygen atoms in total. The van der Waals surface area contributed by atoms with Gasteiger partial charge in [0.15, 0.2) is 6.10 Å². The van der Waals surface area contributed by atoms with Gasteiger partial charge >= 0.3 is 17.9 Å². The Morgan fingerprint density at radius 3 is 0.838 bits per heavy atom. The maximum Gasteiger partial charge on any atom is 0.306 e. The van der Waals surface area contributed by atoms with Gasteiger partial charge in [-0.3, -0.25) is 14.4 Å². The van der Waals surface area contributed by atoms with Crippen molar-refractivity contribution in [2.45, 2.75) is 264 Å². The fourth-order valence-corrected chi connectivity index (χ4v) is 7.94. The second-order valence-corrected chi connectivity index (χ2v) is 19.5. The molecule has 6 heteroatoms. The number of carbonyl (C=O) groups excluding carboxylic acids is 3. The topological polar surface area (TPSA) is 78.9 Å². The van der Waals surface area contributed by atoms with Gasteiger partial charge in [-0.25, -0.2) is 0 Å². The van der Waals surface area contributed by atoms with E-state index >= 15 is 0 Å². The molecule has 0 amide bonds. The van der Waals surface area contributed by atoms with Crippen LogP contribution < -0.4 is 0 Å². The molecule has 1 unspecified atom stereocenters. The zero-order valence-electron chi connectivity index (χ0n) is 47.8. The lowest BCUT2D eigenvalue weighted by molar-refractivity contribution is -0.167. The Morgan fingerprint density at radius 1 is 0.284 bits per heavy atom. The molecule has 0 aromatic carbocycles. The third kappa shape index (κ3) is 58.4. The number of ether oxygens (including phenoxy) is 3. The molecule has 0 fully saturated rings. The van der Waals surface area contributed by atoms with E-state index in [1.54, 1.807) is 0 Å². The van der Waals surface area contributed by atoms with E-state index < -0.39 is 6.10 Å². The smallest absolute Gasteiger partial charge is 0.306 e. The van der Waals surface area contributed by atoms with Gasteiger partial charge in [0, 0.05) is 19.3 Å². The van der Waals surface area contributed by atoms with Crippen LogP contribution in [0.15, 0.2) is 134 Å². The first-order chi connectivity index (χ1) is 36.5. The van der Waals surface area contributed by atoms with Gasteiger partial charge in [0.1, 0.15) is 13.2 Å². The van der Waals surface area contributed by atoms with Gasteiger partial charge in [-0.1, -0.05) is 257 Å². The first kappa shape index (κ1) is 69.5. The molecule has 0 N–H and O–H groups in total. The summed E-state index contributed by atoms with van der Waals surface area (Å²) in [6.07, 6.45) is 86.1. The molecule has 1 atom stereocenters. The monoisotopic (exact) mass is 1020 g/mol. The molecule has 0 saturated heterocycles. The summed E-state index contributed by atoms with van der Waals surface area (Å²) in [6, 6.07) is 0. The van der Waals surface area contributed by atoms with E-state index in [9.17, 15) is 14.4 Å².